The number of hydrogen-bond acceptors (Lipinski definition) is 3. The SMILES string of the molecule is Cc1cccc(C)c1OCCC(C)(N)C(N)=O. The van der Waals surface area contributed by atoms with Crippen molar-refractivity contribution in [3.05, 3.63) is 29.3 Å². The standard InChI is InChI=1S/C13H20N2O2/c1-9-5-4-6-10(2)11(9)17-8-7-13(3,15)12(14)16/h4-6H,7-8,15H2,1-3H3,(H2,14,16). The zero-order valence-electron chi connectivity index (χ0n) is 10.6. The van der Waals surface area contributed by atoms with Crippen molar-refractivity contribution < 1.29 is 9.53 Å². The lowest BCUT2D eigenvalue weighted by Crippen LogP contribution is -2.50. The van der Waals surface area contributed by atoms with Crippen LogP contribution in [0, 0.1) is 13.8 Å². The molecule has 1 aromatic rings. The summed E-state index contributed by atoms with van der Waals surface area (Å²) in [5, 5.41) is 0. The molecule has 0 spiro atoms. The number of hydrogen-bond donors (Lipinski definition) is 2. The lowest BCUT2D eigenvalue weighted by Gasteiger charge is -2.21. The summed E-state index contributed by atoms with van der Waals surface area (Å²) in [7, 11) is 0. The number of benzene rings is 1. The van der Waals surface area contributed by atoms with Gasteiger partial charge in [0.25, 0.3) is 0 Å². The molecule has 1 aromatic carbocycles. The molecule has 1 atom stereocenters. The zero-order valence-corrected chi connectivity index (χ0v) is 10.6. The second-order valence-electron chi connectivity index (χ2n) is 4.60. The first-order valence-corrected chi connectivity index (χ1v) is 5.62. The molecule has 1 rings (SSSR count). The monoisotopic (exact) mass is 236 g/mol. The third-order valence-corrected chi connectivity index (χ3v) is 2.84. The van der Waals surface area contributed by atoms with Gasteiger partial charge in [0.2, 0.25) is 5.91 Å². The summed E-state index contributed by atoms with van der Waals surface area (Å²) in [6.07, 6.45) is 0.399. The largest absolute Gasteiger partial charge is 0.493 e. The number of primary amides is 1. The number of ether oxygens (including phenoxy) is 1. The lowest BCUT2D eigenvalue weighted by molar-refractivity contribution is -0.123. The van der Waals surface area contributed by atoms with Crippen molar-refractivity contribution in [3.63, 3.8) is 0 Å². The van der Waals surface area contributed by atoms with E-state index in [-0.39, 0.29) is 0 Å². The molecule has 4 heteroatoms. The van der Waals surface area contributed by atoms with Gasteiger partial charge in [-0.25, -0.2) is 0 Å². The third-order valence-electron chi connectivity index (χ3n) is 2.84. The minimum Gasteiger partial charge on any atom is -0.493 e. The molecule has 0 aliphatic heterocycles. The number of aryl methyl sites for hydroxylation is 2. The highest BCUT2D eigenvalue weighted by molar-refractivity contribution is 5.83. The molecule has 0 heterocycles. The molecule has 4 N–H and O–H groups in total. The maximum Gasteiger partial charge on any atom is 0.237 e. The van der Waals surface area contributed by atoms with Gasteiger partial charge in [-0.05, 0) is 31.9 Å². The van der Waals surface area contributed by atoms with E-state index in [9.17, 15) is 4.79 Å². The smallest absolute Gasteiger partial charge is 0.237 e. The van der Waals surface area contributed by atoms with Gasteiger partial charge in [-0.2, -0.15) is 0 Å². The first kappa shape index (κ1) is 13.5. The highest BCUT2D eigenvalue weighted by atomic mass is 16.5. The predicted molar refractivity (Wildman–Crippen MR) is 67.8 cm³/mol. The van der Waals surface area contributed by atoms with Gasteiger partial charge in [-0.1, -0.05) is 18.2 Å². The van der Waals surface area contributed by atoms with Gasteiger partial charge in [0.15, 0.2) is 0 Å². The highest BCUT2D eigenvalue weighted by Crippen LogP contribution is 2.22. The second kappa shape index (κ2) is 5.19. The Balaban J connectivity index is 2.60. The van der Waals surface area contributed by atoms with E-state index >= 15 is 0 Å². The van der Waals surface area contributed by atoms with Crippen LogP contribution < -0.4 is 16.2 Å². The summed E-state index contributed by atoms with van der Waals surface area (Å²) in [5.41, 5.74) is 12.1. The van der Waals surface area contributed by atoms with Crippen LogP contribution in [0.15, 0.2) is 18.2 Å². The van der Waals surface area contributed by atoms with Crippen LogP contribution in [0.3, 0.4) is 0 Å². The quantitative estimate of drug-likeness (QED) is 0.808. The summed E-state index contributed by atoms with van der Waals surface area (Å²) in [5.74, 6) is 0.343. The minimum atomic E-state index is -1.02. The maximum atomic E-state index is 11.0. The number of carbonyl (C=O) groups excluding carboxylic acids is 1. The van der Waals surface area contributed by atoms with Gasteiger partial charge in [0, 0.05) is 6.42 Å². The van der Waals surface area contributed by atoms with E-state index in [1.807, 2.05) is 32.0 Å². The van der Waals surface area contributed by atoms with E-state index < -0.39 is 11.4 Å². The van der Waals surface area contributed by atoms with E-state index in [4.69, 9.17) is 16.2 Å². The van der Waals surface area contributed by atoms with E-state index in [0.29, 0.717) is 13.0 Å². The Morgan fingerprint density at radius 1 is 1.35 bits per heavy atom. The van der Waals surface area contributed by atoms with Crippen molar-refractivity contribution in [1.29, 1.82) is 0 Å². The number of carbonyl (C=O) groups is 1. The van der Waals surface area contributed by atoms with E-state index in [1.165, 1.54) is 0 Å². The molecule has 0 aliphatic rings. The lowest BCUT2D eigenvalue weighted by atomic mass is 9.99. The summed E-state index contributed by atoms with van der Waals surface area (Å²) in [6.45, 7) is 5.96. The molecule has 0 aliphatic carbocycles. The molecule has 0 fully saturated rings. The van der Waals surface area contributed by atoms with Crippen LogP contribution in [0.1, 0.15) is 24.5 Å². The Hall–Kier alpha value is -1.55. The van der Waals surface area contributed by atoms with Crippen LogP contribution in [0.25, 0.3) is 0 Å². The third kappa shape index (κ3) is 3.46. The average Bonchev–Trinajstić information content (AvgIpc) is 2.22. The first-order chi connectivity index (χ1) is 7.84. The molecule has 17 heavy (non-hydrogen) atoms. The molecule has 0 saturated carbocycles. The Labute approximate surface area is 102 Å². The Morgan fingerprint density at radius 2 is 1.88 bits per heavy atom. The molecule has 94 valence electrons. The van der Waals surface area contributed by atoms with Gasteiger partial charge in [0.05, 0.1) is 12.1 Å². The fraction of sp³-hybridized carbons (Fsp3) is 0.462. The summed E-state index contributed by atoms with van der Waals surface area (Å²) < 4.78 is 5.67. The van der Waals surface area contributed by atoms with Crippen molar-refractivity contribution in [2.75, 3.05) is 6.61 Å². The fourth-order valence-corrected chi connectivity index (χ4v) is 1.52. The zero-order chi connectivity index (χ0) is 13.1. The van der Waals surface area contributed by atoms with Gasteiger partial charge < -0.3 is 16.2 Å². The van der Waals surface area contributed by atoms with Crippen molar-refractivity contribution in [1.82, 2.24) is 0 Å². The molecule has 1 amide bonds. The van der Waals surface area contributed by atoms with Crippen LogP contribution in [0.5, 0.6) is 5.75 Å². The van der Waals surface area contributed by atoms with Gasteiger partial charge in [0.1, 0.15) is 5.75 Å². The number of amides is 1. The molecule has 0 aromatic heterocycles. The first-order valence-electron chi connectivity index (χ1n) is 5.62. The second-order valence-corrected chi connectivity index (χ2v) is 4.60. The summed E-state index contributed by atoms with van der Waals surface area (Å²) in [6, 6.07) is 5.95. The van der Waals surface area contributed by atoms with Crippen LogP contribution in [-0.2, 0) is 4.79 Å². The van der Waals surface area contributed by atoms with E-state index in [2.05, 4.69) is 0 Å². The number of nitrogens with two attached hydrogens (primary N) is 2. The molecule has 0 saturated heterocycles. The highest BCUT2D eigenvalue weighted by Gasteiger charge is 2.25. The van der Waals surface area contributed by atoms with Crippen LogP contribution in [0.4, 0.5) is 0 Å². The van der Waals surface area contributed by atoms with Crippen LogP contribution >= 0.6 is 0 Å². The predicted octanol–water partition coefficient (Wildman–Crippen LogP) is 1.28. The topological polar surface area (TPSA) is 78.3 Å². The minimum absolute atomic E-state index is 0.377. The number of para-hydroxylation sites is 1. The van der Waals surface area contributed by atoms with E-state index in [1.54, 1.807) is 6.92 Å². The fourth-order valence-electron chi connectivity index (χ4n) is 1.52. The molecule has 0 bridgehead atoms. The molecular formula is C13H20N2O2. The molecular weight excluding hydrogens is 216 g/mol. The normalized spacial score (nSPS) is 14.1. The van der Waals surface area contributed by atoms with Crippen molar-refractivity contribution in [2.45, 2.75) is 32.7 Å². The van der Waals surface area contributed by atoms with Crippen molar-refractivity contribution in [2.24, 2.45) is 11.5 Å². The van der Waals surface area contributed by atoms with Crippen LogP contribution in [-0.4, -0.2) is 18.1 Å². The molecule has 4 nitrogen and oxygen atoms in total. The van der Waals surface area contributed by atoms with Crippen molar-refractivity contribution >= 4 is 5.91 Å². The Morgan fingerprint density at radius 3 is 2.35 bits per heavy atom. The average molecular weight is 236 g/mol. The summed E-state index contributed by atoms with van der Waals surface area (Å²) >= 11 is 0. The maximum absolute atomic E-state index is 11.0. The number of rotatable bonds is 5. The Kier molecular flexibility index (Phi) is 4.12. The van der Waals surface area contributed by atoms with Gasteiger partial charge >= 0.3 is 0 Å². The molecule has 0 radical (unpaired) electrons. The Bertz CT molecular complexity index is 394. The molecule has 1 unspecified atom stereocenters. The van der Waals surface area contributed by atoms with Crippen molar-refractivity contribution in [3.8, 4) is 5.75 Å². The summed E-state index contributed by atoms with van der Waals surface area (Å²) in [4.78, 5) is 11.0. The van der Waals surface area contributed by atoms with E-state index in [0.717, 1.165) is 16.9 Å². The van der Waals surface area contributed by atoms with Gasteiger partial charge in [-0.15, -0.1) is 0 Å². The van der Waals surface area contributed by atoms with Gasteiger partial charge in [-0.3, -0.25) is 4.79 Å². The van der Waals surface area contributed by atoms with Crippen LogP contribution in [0.2, 0.25) is 0 Å².